The summed E-state index contributed by atoms with van der Waals surface area (Å²) in [7, 11) is 0. The molecule has 0 bridgehead atoms. The van der Waals surface area contributed by atoms with Gasteiger partial charge in [-0.1, -0.05) is 11.6 Å². The van der Waals surface area contributed by atoms with Crippen LogP contribution in [0.5, 0.6) is 0 Å². The number of piperidine rings is 1. The van der Waals surface area contributed by atoms with Crippen LogP contribution in [0.25, 0.3) is 0 Å². The SMILES string of the molecule is O=[N+]([O-])c1ccc(Cl)cc1CN1CCC(c2nnc3n2CCNC3)CC1. The third kappa shape index (κ3) is 3.44. The van der Waals surface area contributed by atoms with E-state index in [0.717, 1.165) is 57.2 Å². The highest BCUT2D eigenvalue weighted by Gasteiger charge is 2.28. The Bertz CT molecular complexity index is 816. The molecule has 3 heterocycles. The van der Waals surface area contributed by atoms with Gasteiger partial charge in [-0.15, -0.1) is 10.2 Å². The molecule has 4 rings (SSSR count). The number of nitro groups is 1. The topological polar surface area (TPSA) is 89.1 Å². The Morgan fingerprint density at radius 1 is 1.27 bits per heavy atom. The lowest BCUT2D eigenvalue weighted by atomic mass is 9.95. The van der Waals surface area contributed by atoms with Crippen molar-refractivity contribution in [3.63, 3.8) is 0 Å². The Hall–Kier alpha value is -2.03. The van der Waals surface area contributed by atoms with Crippen molar-refractivity contribution >= 4 is 17.3 Å². The summed E-state index contributed by atoms with van der Waals surface area (Å²) in [4.78, 5) is 13.2. The van der Waals surface area contributed by atoms with Crippen molar-refractivity contribution in [3.05, 3.63) is 50.5 Å². The summed E-state index contributed by atoms with van der Waals surface area (Å²) in [5.74, 6) is 2.51. The number of nitro benzene ring substituents is 1. The highest BCUT2D eigenvalue weighted by atomic mass is 35.5. The highest BCUT2D eigenvalue weighted by molar-refractivity contribution is 6.30. The Labute approximate surface area is 156 Å². The van der Waals surface area contributed by atoms with E-state index in [1.807, 2.05) is 0 Å². The van der Waals surface area contributed by atoms with Crippen LogP contribution >= 0.6 is 11.6 Å². The summed E-state index contributed by atoms with van der Waals surface area (Å²) in [6, 6.07) is 4.76. The maximum absolute atomic E-state index is 11.2. The van der Waals surface area contributed by atoms with Crippen molar-refractivity contribution in [1.82, 2.24) is 25.0 Å². The number of nitrogens with one attached hydrogen (secondary N) is 1. The highest BCUT2D eigenvalue weighted by Crippen LogP contribution is 2.30. The molecule has 0 saturated carbocycles. The molecule has 0 unspecified atom stereocenters. The van der Waals surface area contributed by atoms with E-state index in [1.54, 1.807) is 12.1 Å². The summed E-state index contributed by atoms with van der Waals surface area (Å²) in [5.41, 5.74) is 0.808. The molecule has 1 fully saturated rings. The molecule has 138 valence electrons. The first-order chi connectivity index (χ1) is 12.6. The van der Waals surface area contributed by atoms with Crippen molar-refractivity contribution in [2.24, 2.45) is 0 Å². The number of nitrogens with zero attached hydrogens (tertiary/aromatic N) is 5. The van der Waals surface area contributed by atoms with E-state index in [9.17, 15) is 10.1 Å². The van der Waals surface area contributed by atoms with Gasteiger partial charge in [-0.3, -0.25) is 15.0 Å². The van der Waals surface area contributed by atoms with E-state index in [2.05, 4.69) is 25.0 Å². The molecule has 0 radical (unpaired) electrons. The number of likely N-dealkylation sites (tertiary alicyclic amines) is 1. The Balaban J connectivity index is 1.42. The Morgan fingerprint density at radius 3 is 2.85 bits per heavy atom. The number of fused-ring (bicyclic) bond motifs is 1. The zero-order chi connectivity index (χ0) is 18.1. The molecule has 1 N–H and O–H groups in total. The second kappa shape index (κ2) is 7.30. The average Bonchev–Trinajstić information content (AvgIpc) is 3.06. The standard InChI is InChI=1S/C17H21ClN6O2/c18-14-1-2-15(24(25)26)13(9-14)11-22-6-3-12(4-7-22)17-21-20-16-10-19-5-8-23(16)17/h1-2,9,12,19H,3-8,10-11H2. The number of aromatic nitrogens is 3. The quantitative estimate of drug-likeness (QED) is 0.650. The van der Waals surface area contributed by atoms with Gasteiger partial charge in [-0.25, -0.2) is 0 Å². The van der Waals surface area contributed by atoms with Gasteiger partial charge in [0.25, 0.3) is 5.69 Å². The molecule has 0 aliphatic carbocycles. The van der Waals surface area contributed by atoms with Crippen LogP contribution in [0.4, 0.5) is 5.69 Å². The van der Waals surface area contributed by atoms with Gasteiger partial charge in [0, 0.05) is 42.2 Å². The van der Waals surface area contributed by atoms with Gasteiger partial charge >= 0.3 is 0 Å². The molecule has 1 aromatic carbocycles. The largest absolute Gasteiger partial charge is 0.312 e. The lowest BCUT2D eigenvalue weighted by molar-refractivity contribution is -0.385. The van der Waals surface area contributed by atoms with Crippen LogP contribution in [-0.2, 0) is 19.6 Å². The van der Waals surface area contributed by atoms with Crippen LogP contribution in [0.15, 0.2) is 18.2 Å². The lowest BCUT2D eigenvalue weighted by Gasteiger charge is -2.32. The van der Waals surface area contributed by atoms with Crippen molar-refractivity contribution in [2.45, 2.75) is 38.4 Å². The van der Waals surface area contributed by atoms with Crippen LogP contribution in [-0.4, -0.2) is 44.2 Å². The van der Waals surface area contributed by atoms with E-state index < -0.39 is 0 Å². The number of benzene rings is 1. The molecule has 1 aromatic heterocycles. The van der Waals surface area contributed by atoms with Gasteiger partial charge in [-0.05, 0) is 38.1 Å². The van der Waals surface area contributed by atoms with E-state index in [-0.39, 0.29) is 10.6 Å². The minimum absolute atomic E-state index is 0.135. The van der Waals surface area contributed by atoms with Crippen molar-refractivity contribution in [2.75, 3.05) is 19.6 Å². The molecule has 0 amide bonds. The summed E-state index contributed by atoms with van der Waals surface area (Å²) in [6.45, 7) is 4.97. The summed E-state index contributed by atoms with van der Waals surface area (Å²) in [5, 5.41) is 23.8. The monoisotopic (exact) mass is 376 g/mol. The van der Waals surface area contributed by atoms with Crippen molar-refractivity contribution in [3.8, 4) is 0 Å². The van der Waals surface area contributed by atoms with Crippen LogP contribution in [0.3, 0.4) is 0 Å². The number of halogens is 1. The van der Waals surface area contributed by atoms with Gasteiger partial charge in [0.15, 0.2) is 0 Å². The first-order valence-corrected chi connectivity index (χ1v) is 9.27. The van der Waals surface area contributed by atoms with Gasteiger partial charge in [0.2, 0.25) is 0 Å². The van der Waals surface area contributed by atoms with Gasteiger partial charge in [-0.2, -0.15) is 0 Å². The van der Waals surface area contributed by atoms with Crippen molar-refractivity contribution in [1.29, 1.82) is 0 Å². The Kier molecular flexibility index (Phi) is 4.88. The lowest BCUT2D eigenvalue weighted by Crippen LogP contribution is -2.34. The molecular formula is C17H21ClN6O2. The number of hydrogen-bond acceptors (Lipinski definition) is 6. The maximum Gasteiger partial charge on any atom is 0.273 e. The first kappa shape index (κ1) is 17.4. The third-order valence-corrected chi connectivity index (χ3v) is 5.47. The fraction of sp³-hybridized carbons (Fsp3) is 0.529. The predicted octanol–water partition coefficient (Wildman–Crippen LogP) is 2.32. The zero-order valence-electron chi connectivity index (χ0n) is 14.4. The Morgan fingerprint density at radius 2 is 2.08 bits per heavy atom. The molecule has 1 saturated heterocycles. The summed E-state index contributed by atoms with van der Waals surface area (Å²) < 4.78 is 2.25. The van der Waals surface area contributed by atoms with Crippen molar-refractivity contribution < 1.29 is 4.92 Å². The molecule has 2 aliphatic rings. The smallest absolute Gasteiger partial charge is 0.273 e. The second-order valence-corrected chi connectivity index (χ2v) is 7.32. The fourth-order valence-corrected chi connectivity index (χ4v) is 4.06. The second-order valence-electron chi connectivity index (χ2n) is 6.88. The summed E-state index contributed by atoms with van der Waals surface area (Å²) >= 11 is 6.03. The number of rotatable bonds is 4. The first-order valence-electron chi connectivity index (χ1n) is 8.89. The average molecular weight is 377 g/mol. The minimum Gasteiger partial charge on any atom is -0.312 e. The van der Waals surface area contributed by atoms with Crippen LogP contribution in [0.1, 0.15) is 36.0 Å². The molecule has 9 heteroatoms. The van der Waals surface area contributed by atoms with Crippen LogP contribution in [0, 0.1) is 10.1 Å². The maximum atomic E-state index is 11.2. The molecule has 26 heavy (non-hydrogen) atoms. The van der Waals surface area contributed by atoms with E-state index in [0.29, 0.717) is 23.0 Å². The molecule has 0 spiro atoms. The van der Waals surface area contributed by atoms with E-state index >= 15 is 0 Å². The molecule has 0 atom stereocenters. The zero-order valence-corrected chi connectivity index (χ0v) is 15.2. The fourth-order valence-electron chi connectivity index (χ4n) is 3.87. The molecular weight excluding hydrogens is 356 g/mol. The minimum atomic E-state index is -0.338. The predicted molar refractivity (Wildman–Crippen MR) is 97.1 cm³/mol. The summed E-state index contributed by atoms with van der Waals surface area (Å²) in [6.07, 6.45) is 1.97. The molecule has 8 nitrogen and oxygen atoms in total. The van der Waals surface area contributed by atoms with Gasteiger partial charge in [0.05, 0.1) is 11.5 Å². The van der Waals surface area contributed by atoms with Crippen LogP contribution < -0.4 is 5.32 Å². The van der Waals surface area contributed by atoms with Gasteiger partial charge in [0.1, 0.15) is 11.6 Å². The normalized spacial score (nSPS) is 18.7. The molecule has 2 aromatic rings. The van der Waals surface area contributed by atoms with Crippen LogP contribution in [0.2, 0.25) is 5.02 Å². The van der Waals surface area contributed by atoms with Gasteiger partial charge < -0.3 is 9.88 Å². The molecule has 2 aliphatic heterocycles. The number of hydrogen-bond donors (Lipinski definition) is 1. The van der Waals surface area contributed by atoms with E-state index in [4.69, 9.17) is 11.6 Å². The third-order valence-electron chi connectivity index (χ3n) is 5.24. The van der Waals surface area contributed by atoms with E-state index in [1.165, 1.54) is 6.07 Å².